The fraction of sp³-hybridized carbons (Fsp3) is 0.684. The van der Waals surface area contributed by atoms with Gasteiger partial charge in [0.15, 0.2) is 0 Å². The number of aliphatic hydroxyl groups excluding tert-OH is 1. The van der Waals surface area contributed by atoms with Gasteiger partial charge in [-0.05, 0) is 25.3 Å². The first-order valence-corrected chi connectivity index (χ1v) is 8.80. The zero-order valence-electron chi connectivity index (χ0n) is 14.9. The van der Waals surface area contributed by atoms with Gasteiger partial charge in [-0.25, -0.2) is 0 Å². The first-order valence-electron chi connectivity index (χ1n) is 8.80. The van der Waals surface area contributed by atoms with E-state index in [4.69, 9.17) is 4.74 Å². The fourth-order valence-electron chi connectivity index (χ4n) is 3.46. The Hall–Kier alpha value is -0.940. The number of nitrogens with zero attached hydrogens (tertiary/aromatic N) is 1. The Balaban J connectivity index is 1.83. The molecule has 130 valence electrons. The van der Waals surface area contributed by atoms with Crippen molar-refractivity contribution in [3.05, 3.63) is 35.9 Å². The Kier molecular flexibility index (Phi) is 7.03. The summed E-state index contributed by atoms with van der Waals surface area (Å²) in [7, 11) is 0. The van der Waals surface area contributed by atoms with Gasteiger partial charge in [-0.15, -0.1) is 0 Å². The van der Waals surface area contributed by atoms with E-state index < -0.39 is 0 Å². The van der Waals surface area contributed by atoms with E-state index in [0.717, 1.165) is 13.1 Å². The molecule has 1 aliphatic rings. The summed E-state index contributed by atoms with van der Waals surface area (Å²) in [6.07, 6.45) is 0.121. The maximum absolute atomic E-state index is 10.4. The molecule has 0 saturated carbocycles. The number of ether oxygens (including phenoxy) is 1. The van der Waals surface area contributed by atoms with Crippen molar-refractivity contribution >= 4 is 0 Å². The SMILES string of the molecule is CC1CN(CC(O)CNC(c2ccccc2)C(C)C)CC(C)O1. The molecule has 4 nitrogen and oxygen atoms in total. The number of benzene rings is 1. The molecule has 1 saturated heterocycles. The van der Waals surface area contributed by atoms with Crippen molar-refractivity contribution in [1.29, 1.82) is 0 Å². The molecule has 23 heavy (non-hydrogen) atoms. The average molecular weight is 320 g/mol. The molecule has 0 aromatic heterocycles. The smallest absolute Gasteiger partial charge is 0.0791 e. The van der Waals surface area contributed by atoms with Crippen LogP contribution in [0.1, 0.15) is 39.3 Å². The summed E-state index contributed by atoms with van der Waals surface area (Å²) < 4.78 is 5.75. The van der Waals surface area contributed by atoms with Gasteiger partial charge in [0.05, 0.1) is 18.3 Å². The predicted molar refractivity (Wildman–Crippen MR) is 94.5 cm³/mol. The first-order chi connectivity index (χ1) is 11.0. The van der Waals surface area contributed by atoms with Crippen LogP contribution in [0.4, 0.5) is 0 Å². The van der Waals surface area contributed by atoms with Crippen molar-refractivity contribution in [2.75, 3.05) is 26.2 Å². The minimum atomic E-state index is -0.363. The lowest BCUT2D eigenvalue weighted by Gasteiger charge is -2.36. The van der Waals surface area contributed by atoms with Crippen LogP contribution in [0.5, 0.6) is 0 Å². The Morgan fingerprint density at radius 1 is 1.17 bits per heavy atom. The average Bonchev–Trinajstić information content (AvgIpc) is 2.47. The molecule has 4 atom stereocenters. The molecule has 2 rings (SSSR count). The Morgan fingerprint density at radius 2 is 1.78 bits per heavy atom. The monoisotopic (exact) mass is 320 g/mol. The number of hydrogen-bond acceptors (Lipinski definition) is 4. The van der Waals surface area contributed by atoms with Crippen molar-refractivity contribution in [1.82, 2.24) is 10.2 Å². The summed E-state index contributed by atoms with van der Waals surface area (Å²) in [5, 5.41) is 13.9. The van der Waals surface area contributed by atoms with Gasteiger partial charge in [0, 0.05) is 32.2 Å². The standard InChI is InChI=1S/C19H32N2O2/c1-14(2)19(17-8-6-5-7-9-17)20-10-18(22)13-21-11-15(3)23-16(4)12-21/h5-9,14-16,18-20,22H,10-13H2,1-4H3. The number of aliphatic hydroxyl groups is 1. The lowest BCUT2D eigenvalue weighted by Crippen LogP contribution is -2.49. The molecule has 0 amide bonds. The maximum atomic E-state index is 10.4. The zero-order valence-corrected chi connectivity index (χ0v) is 14.9. The van der Waals surface area contributed by atoms with Crippen molar-refractivity contribution in [2.24, 2.45) is 5.92 Å². The highest BCUT2D eigenvalue weighted by Crippen LogP contribution is 2.21. The molecule has 1 aliphatic heterocycles. The molecule has 2 N–H and O–H groups in total. The highest BCUT2D eigenvalue weighted by atomic mass is 16.5. The quantitative estimate of drug-likeness (QED) is 0.810. The summed E-state index contributed by atoms with van der Waals surface area (Å²) in [5.74, 6) is 0.480. The lowest BCUT2D eigenvalue weighted by atomic mass is 9.96. The molecule has 1 fully saturated rings. The van der Waals surface area contributed by atoms with E-state index in [2.05, 4.69) is 62.2 Å². The predicted octanol–water partition coefficient (Wildman–Crippen LogP) is 2.44. The molecule has 0 spiro atoms. The van der Waals surface area contributed by atoms with E-state index in [0.29, 0.717) is 19.0 Å². The Bertz CT molecular complexity index is 442. The van der Waals surface area contributed by atoms with Crippen LogP contribution in [0.3, 0.4) is 0 Å². The van der Waals surface area contributed by atoms with Crippen LogP contribution in [-0.4, -0.2) is 54.5 Å². The van der Waals surface area contributed by atoms with Gasteiger partial charge >= 0.3 is 0 Å². The normalized spacial score (nSPS) is 25.5. The van der Waals surface area contributed by atoms with E-state index in [9.17, 15) is 5.11 Å². The number of nitrogens with one attached hydrogen (secondary N) is 1. The van der Waals surface area contributed by atoms with Crippen LogP contribution in [0, 0.1) is 5.92 Å². The summed E-state index contributed by atoms with van der Waals surface area (Å²) >= 11 is 0. The summed E-state index contributed by atoms with van der Waals surface area (Å²) in [6, 6.07) is 10.7. The molecular weight excluding hydrogens is 288 g/mol. The van der Waals surface area contributed by atoms with Crippen molar-refractivity contribution < 1.29 is 9.84 Å². The second kappa shape index (κ2) is 8.78. The van der Waals surface area contributed by atoms with E-state index >= 15 is 0 Å². The Morgan fingerprint density at radius 3 is 2.35 bits per heavy atom. The van der Waals surface area contributed by atoms with Crippen LogP contribution in [-0.2, 0) is 4.74 Å². The molecule has 1 aromatic rings. The summed E-state index contributed by atoms with van der Waals surface area (Å²) in [6.45, 7) is 11.7. The van der Waals surface area contributed by atoms with E-state index in [1.54, 1.807) is 0 Å². The fourth-order valence-corrected chi connectivity index (χ4v) is 3.46. The number of hydrogen-bond donors (Lipinski definition) is 2. The minimum Gasteiger partial charge on any atom is -0.390 e. The molecule has 0 aliphatic carbocycles. The highest BCUT2D eigenvalue weighted by Gasteiger charge is 2.24. The molecular formula is C19H32N2O2. The van der Waals surface area contributed by atoms with Crippen LogP contribution in [0.15, 0.2) is 30.3 Å². The van der Waals surface area contributed by atoms with Gasteiger partial charge in [0.1, 0.15) is 0 Å². The van der Waals surface area contributed by atoms with Gasteiger partial charge in [0.25, 0.3) is 0 Å². The number of rotatable bonds is 7. The van der Waals surface area contributed by atoms with Gasteiger partial charge in [-0.1, -0.05) is 44.2 Å². The van der Waals surface area contributed by atoms with E-state index in [1.807, 2.05) is 6.07 Å². The van der Waals surface area contributed by atoms with Crippen LogP contribution in [0.2, 0.25) is 0 Å². The lowest BCUT2D eigenvalue weighted by molar-refractivity contribution is -0.0763. The van der Waals surface area contributed by atoms with Gasteiger partial charge in [0.2, 0.25) is 0 Å². The second-order valence-electron chi connectivity index (χ2n) is 7.17. The van der Waals surface area contributed by atoms with E-state index in [-0.39, 0.29) is 24.4 Å². The van der Waals surface area contributed by atoms with Gasteiger partial charge < -0.3 is 15.2 Å². The molecule has 0 radical (unpaired) electrons. The highest BCUT2D eigenvalue weighted by molar-refractivity contribution is 5.19. The van der Waals surface area contributed by atoms with Crippen molar-refractivity contribution in [2.45, 2.75) is 52.0 Å². The van der Waals surface area contributed by atoms with Gasteiger partial charge in [-0.2, -0.15) is 0 Å². The van der Waals surface area contributed by atoms with Crippen LogP contribution < -0.4 is 5.32 Å². The molecule has 1 aromatic carbocycles. The number of morpholine rings is 1. The van der Waals surface area contributed by atoms with E-state index in [1.165, 1.54) is 5.56 Å². The second-order valence-corrected chi connectivity index (χ2v) is 7.17. The Labute approximate surface area is 140 Å². The molecule has 4 heteroatoms. The molecule has 4 unspecified atom stereocenters. The zero-order chi connectivity index (χ0) is 16.8. The molecule has 0 bridgehead atoms. The topological polar surface area (TPSA) is 44.7 Å². The first kappa shape index (κ1) is 18.4. The third kappa shape index (κ3) is 5.88. The number of β-amino-alcohol motifs (C(OH)–C–C–N with tert-alkyl or cyclic N) is 1. The summed E-state index contributed by atoms with van der Waals surface area (Å²) in [5.41, 5.74) is 1.28. The van der Waals surface area contributed by atoms with Crippen molar-refractivity contribution in [3.8, 4) is 0 Å². The maximum Gasteiger partial charge on any atom is 0.0791 e. The van der Waals surface area contributed by atoms with Crippen LogP contribution in [0.25, 0.3) is 0 Å². The largest absolute Gasteiger partial charge is 0.390 e. The third-order valence-electron chi connectivity index (χ3n) is 4.36. The van der Waals surface area contributed by atoms with Crippen LogP contribution >= 0.6 is 0 Å². The third-order valence-corrected chi connectivity index (χ3v) is 4.36. The minimum absolute atomic E-state index is 0.242. The van der Waals surface area contributed by atoms with Crippen molar-refractivity contribution in [3.63, 3.8) is 0 Å². The molecule has 1 heterocycles. The van der Waals surface area contributed by atoms with Gasteiger partial charge in [-0.3, -0.25) is 4.90 Å². The summed E-state index contributed by atoms with van der Waals surface area (Å²) in [4.78, 5) is 2.30.